The molecular formula is C19H22N2O4S. The van der Waals surface area contributed by atoms with Crippen LogP contribution in [0.3, 0.4) is 0 Å². The van der Waals surface area contributed by atoms with Crippen LogP contribution in [0.1, 0.15) is 23.1 Å². The van der Waals surface area contributed by atoms with Crippen molar-refractivity contribution in [2.45, 2.75) is 31.6 Å². The Balaban J connectivity index is 1.60. The maximum Gasteiger partial charge on any atom is 0.240 e. The van der Waals surface area contributed by atoms with Crippen molar-refractivity contribution >= 4 is 21.6 Å². The van der Waals surface area contributed by atoms with Gasteiger partial charge in [-0.15, -0.1) is 0 Å². The molecule has 2 aromatic rings. The largest absolute Gasteiger partial charge is 0.492 e. The van der Waals surface area contributed by atoms with Gasteiger partial charge in [0.15, 0.2) is 0 Å². The fourth-order valence-electron chi connectivity index (χ4n) is 2.91. The molecule has 2 aromatic carbocycles. The number of amides is 1. The van der Waals surface area contributed by atoms with Gasteiger partial charge in [-0.05, 0) is 55.7 Å². The molecule has 1 heterocycles. The van der Waals surface area contributed by atoms with Crippen LogP contribution in [0.5, 0.6) is 5.75 Å². The van der Waals surface area contributed by atoms with Crippen molar-refractivity contribution in [2.75, 3.05) is 18.5 Å². The second kappa shape index (κ2) is 7.47. The Bertz CT molecular complexity index is 939. The predicted octanol–water partition coefficient (Wildman–Crippen LogP) is 2.55. The molecule has 0 spiro atoms. The van der Waals surface area contributed by atoms with E-state index in [1.165, 1.54) is 6.07 Å². The van der Waals surface area contributed by atoms with E-state index in [0.29, 0.717) is 18.5 Å². The Labute approximate surface area is 153 Å². The van der Waals surface area contributed by atoms with Crippen LogP contribution in [-0.2, 0) is 21.2 Å². The van der Waals surface area contributed by atoms with Crippen LogP contribution in [0, 0.1) is 13.8 Å². The van der Waals surface area contributed by atoms with Gasteiger partial charge in [-0.25, -0.2) is 13.1 Å². The summed E-state index contributed by atoms with van der Waals surface area (Å²) in [5, 5.41) is 2.74. The number of aryl methyl sites for hydroxylation is 3. The first-order valence-corrected chi connectivity index (χ1v) is 9.96. The van der Waals surface area contributed by atoms with Crippen molar-refractivity contribution in [3.63, 3.8) is 0 Å². The molecule has 0 bridgehead atoms. The summed E-state index contributed by atoms with van der Waals surface area (Å²) in [6, 6.07) is 10.6. The van der Waals surface area contributed by atoms with Crippen molar-refractivity contribution < 1.29 is 17.9 Å². The summed E-state index contributed by atoms with van der Waals surface area (Å²) in [4.78, 5) is 11.6. The highest BCUT2D eigenvalue weighted by molar-refractivity contribution is 7.89. The third-order valence-electron chi connectivity index (χ3n) is 4.26. The number of carbonyl (C=O) groups is 1. The Morgan fingerprint density at radius 1 is 1.12 bits per heavy atom. The maximum atomic E-state index is 12.5. The number of benzene rings is 2. The summed E-state index contributed by atoms with van der Waals surface area (Å²) < 4.78 is 33.1. The highest BCUT2D eigenvalue weighted by Crippen LogP contribution is 2.25. The topological polar surface area (TPSA) is 84.5 Å². The van der Waals surface area contributed by atoms with Crippen LogP contribution in [-0.4, -0.2) is 27.5 Å². The predicted molar refractivity (Wildman–Crippen MR) is 100.0 cm³/mol. The zero-order chi connectivity index (χ0) is 18.7. The molecular weight excluding hydrogens is 352 g/mol. The average Bonchev–Trinajstić information content (AvgIpc) is 2.59. The van der Waals surface area contributed by atoms with Crippen LogP contribution in [0.4, 0.5) is 5.69 Å². The normalized spacial score (nSPS) is 13.8. The number of anilines is 1. The lowest BCUT2D eigenvalue weighted by molar-refractivity contribution is -0.116. The Morgan fingerprint density at radius 3 is 2.69 bits per heavy atom. The minimum absolute atomic E-state index is 0.0465. The SMILES string of the molecule is Cc1ccc(OCCNS(=O)(=O)c2ccc3c(c2)CCC(=O)N3)c(C)c1. The number of fused-ring (bicyclic) bond motifs is 1. The van der Waals surface area contributed by atoms with E-state index in [4.69, 9.17) is 4.74 Å². The monoisotopic (exact) mass is 374 g/mol. The number of ether oxygens (including phenoxy) is 1. The number of rotatable bonds is 6. The van der Waals surface area contributed by atoms with E-state index in [0.717, 1.165) is 22.4 Å². The molecule has 0 fully saturated rings. The molecule has 0 aliphatic carbocycles. The lowest BCUT2D eigenvalue weighted by Gasteiger charge is -2.17. The Kier molecular flexibility index (Phi) is 5.29. The van der Waals surface area contributed by atoms with E-state index in [-0.39, 0.29) is 24.0 Å². The average molecular weight is 374 g/mol. The quantitative estimate of drug-likeness (QED) is 0.761. The highest BCUT2D eigenvalue weighted by Gasteiger charge is 2.19. The minimum Gasteiger partial charge on any atom is -0.492 e. The zero-order valence-electron chi connectivity index (χ0n) is 14.8. The molecule has 1 amide bonds. The first kappa shape index (κ1) is 18.4. The molecule has 1 aliphatic heterocycles. The van der Waals surface area contributed by atoms with E-state index < -0.39 is 10.0 Å². The number of sulfonamides is 1. The Hall–Kier alpha value is -2.38. The molecule has 0 saturated carbocycles. The molecule has 0 unspecified atom stereocenters. The van der Waals surface area contributed by atoms with Crippen LogP contribution >= 0.6 is 0 Å². The molecule has 1 aliphatic rings. The van der Waals surface area contributed by atoms with Gasteiger partial charge in [-0.1, -0.05) is 17.7 Å². The number of carbonyl (C=O) groups excluding carboxylic acids is 1. The fourth-order valence-corrected chi connectivity index (χ4v) is 3.97. The van der Waals surface area contributed by atoms with Gasteiger partial charge < -0.3 is 10.1 Å². The van der Waals surface area contributed by atoms with Gasteiger partial charge in [0.1, 0.15) is 12.4 Å². The molecule has 6 nitrogen and oxygen atoms in total. The van der Waals surface area contributed by atoms with Gasteiger partial charge in [-0.2, -0.15) is 0 Å². The zero-order valence-corrected chi connectivity index (χ0v) is 15.7. The third kappa shape index (κ3) is 4.23. The molecule has 138 valence electrons. The minimum atomic E-state index is -3.62. The smallest absolute Gasteiger partial charge is 0.240 e. The lowest BCUT2D eigenvalue weighted by Crippen LogP contribution is -2.28. The third-order valence-corrected chi connectivity index (χ3v) is 5.72. The van der Waals surface area contributed by atoms with Crippen molar-refractivity contribution in [1.82, 2.24) is 4.72 Å². The molecule has 0 radical (unpaired) electrons. The second-order valence-corrected chi connectivity index (χ2v) is 8.15. The molecule has 0 aromatic heterocycles. The molecule has 0 saturated heterocycles. The molecule has 3 rings (SSSR count). The Morgan fingerprint density at radius 2 is 1.92 bits per heavy atom. The fraction of sp³-hybridized carbons (Fsp3) is 0.316. The van der Waals surface area contributed by atoms with Crippen molar-refractivity contribution in [1.29, 1.82) is 0 Å². The number of hydrogen-bond donors (Lipinski definition) is 2. The lowest BCUT2D eigenvalue weighted by atomic mass is 10.0. The van der Waals surface area contributed by atoms with Gasteiger partial charge >= 0.3 is 0 Å². The summed E-state index contributed by atoms with van der Waals surface area (Å²) in [5.41, 5.74) is 3.68. The molecule has 2 N–H and O–H groups in total. The van der Waals surface area contributed by atoms with Gasteiger partial charge in [0, 0.05) is 18.7 Å². The molecule has 0 atom stereocenters. The highest BCUT2D eigenvalue weighted by atomic mass is 32.2. The van der Waals surface area contributed by atoms with Crippen molar-refractivity contribution in [2.24, 2.45) is 0 Å². The van der Waals surface area contributed by atoms with Crippen molar-refractivity contribution in [3.8, 4) is 5.75 Å². The molecule has 26 heavy (non-hydrogen) atoms. The van der Waals surface area contributed by atoms with E-state index in [2.05, 4.69) is 10.0 Å². The second-order valence-electron chi connectivity index (χ2n) is 6.38. The summed E-state index contributed by atoms with van der Waals surface area (Å²) in [6.07, 6.45) is 0.911. The van der Waals surface area contributed by atoms with Gasteiger partial charge in [0.2, 0.25) is 15.9 Å². The van der Waals surface area contributed by atoms with Crippen LogP contribution in [0.15, 0.2) is 41.3 Å². The van der Waals surface area contributed by atoms with Crippen LogP contribution in [0.25, 0.3) is 0 Å². The summed E-state index contributed by atoms with van der Waals surface area (Å²) in [5.74, 6) is 0.703. The van der Waals surface area contributed by atoms with E-state index in [1.807, 2.05) is 32.0 Å². The van der Waals surface area contributed by atoms with E-state index in [1.54, 1.807) is 12.1 Å². The maximum absolute atomic E-state index is 12.5. The summed E-state index contributed by atoms with van der Waals surface area (Å²) in [7, 11) is -3.62. The first-order valence-electron chi connectivity index (χ1n) is 8.48. The van der Waals surface area contributed by atoms with Gasteiger partial charge in [-0.3, -0.25) is 4.79 Å². The summed E-state index contributed by atoms with van der Waals surface area (Å²) >= 11 is 0. The number of nitrogens with one attached hydrogen (secondary N) is 2. The van der Waals surface area contributed by atoms with Crippen LogP contribution < -0.4 is 14.8 Å². The van der Waals surface area contributed by atoms with Gasteiger partial charge in [0.25, 0.3) is 0 Å². The van der Waals surface area contributed by atoms with E-state index >= 15 is 0 Å². The van der Waals surface area contributed by atoms with Crippen molar-refractivity contribution in [3.05, 3.63) is 53.1 Å². The summed E-state index contributed by atoms with van der Waals surface area (Å²) in [6.45, 7) is 4.38. The molecule has 7 heteroatoms. The van der Waals surface area contributed by atoms with E-state index in [9.17, 15) is 13.2 Å². The number of hydrogen-bond acceptors (Lipinski definition) is 4. The van der Waals surface area contributed by atoms with Gasteiger partial charge in [0.05, 0.1) is 4.90 Å². The van der Waals surface area contributed by atoms with Crippen LogP contribution in [0.2, 0.25) is 0 Å². The standard InChI is InChI=1S/C19H22N2O4S/c1-13-3-7-18(14(2)11-13)25-10-9-20-26(23,24)16-5-6-17-15(12-16)4-8-19(22)21-17/h3,5-7,11-12,20H,4,8-10H2,1-2H3,(H,21,22). The first-order chi connectivity index (χ1) is 12.3.